The third kappa shape index (κ3) is 6.16. The van der Waals surface area contributed by atoms with Crippen molar-refractivity contribution < 1.29 is 4.79 Å². The molecule has 3 nitrogen and oxygen atoms in total. The molecule has 0 aliphatic heterocycles. The van der Waals surface area contributed by atoms with Gasteiger partial charge in [0.25, 0.3) is 0 Å². The molecule has 0 radical (unpaired) electrons. The fourth-order valence-electron chi connectivity index (χ4n) is 1.51. The van der Waals surface area contributed by atoms with Gasteiger partial charge in [0.2, 0.25) is 5.91 Å². The van der Waals surface area contributed by atoms with Gasteiger partial charge >= 0.3 is 0 Å². The summed E-state index contributed by atoms with van der Waals surface area (Å²) in [7, 11) is 0. The fourth-order valence-corrected chi connectivity index (χ4v) is 1.98. The zero-order valence-electron chi connectivity index (χ0n) is 10.8. The van der Waals surface area contributed by atoms with Gasteiger partial charge in [-0.05, 0) is 31.8 Å². The summed E-state index contributed by atoms with van der Waals surface area (Å²) >= 11 is 1.75. The number of thioether (sulfide) groups is 1. The molecule has 0 bridgehead atoms. The maximum atomic E-state index is 11.8. The highest BCUT2D eigenvalue weighted by Crippen LogP contribution is 2.07. The molecule has 1 amide bonds. The van der Waals surface area contributed by atoms with E-state index in [1.54, 1.807) is 18.7 Å². The smallest absolute Gasteiger partial charge is 0.223 e. The second kappa shape index (κ2) is 8.62. The summed E-state index contributed by atoms with van der Waals surface area (Å²) in [6.07, 6.45) is 4.82. The van der Waals surface area contributed by atoms with Crippen LogP contribution >= 0.6 is 11.8 Å². The molecule has 0 saturated heterocycles. The molecule has 0 rings (SSSR count). The largest absolute Gasteiger partial charge is 0.348 e. The van der Waals surface area contributed by atoms with Crippen LogP contribution in [-0.2, 0) is 4.79 Å². The van der Waals surface area contributed by atoms with Crippen molar-refractivity contribution in [3.63, 3.8) is 0 Å². The van der Waals surface area contributed by atoms with Gasteiger partial charge in [0.1, 0.15) is 0 Å². The minimum Gasteiger partial charge on any atom is -0.348 e. The lowest BCUT2D eigenvalue weighted by Crippen LogP contribution is -2.42. The van der Waals surface area contributed by atoms with Gasteiger partial charge in [-0.15, -0.1) is 0 Å². The lowest BCUT2D eigenvalue weighted by atomic mass is 10.0. The van der Waals surface area contributed by atoms with Crippen molar-refractivity contribution in [3.05, 3.63) is 0 Å². The zero-order valence-corrected chi connectivity index (χ0v) is 11.6. The van der Waals surface area contributed by atoms with Crippen LogP contribution in [0, 0.1) is 11.3 Å². The molecule has 0 aliphatic rings. The van der Waals surface area contributed by atoms with Crippen LogP contribution in [0.3, 0.4) is 0 Å². The van der Waals surface area contributed by atoms with Crippen LogP contribution in [0.1, 0.15) is 40.0 Å². The minimum absolute atomic E-state index is 0.0566. The molecule has 0 aromatic rings. The maximum absolute atomic E-state index is 11.8. The van der Waals surface area contributed by atoms with Crippen molar-refractivity contribution in [1.29, 1.82) is 5.41 Å². The first-order valence-electron chi connectivity index (χ1n) is 5.87. The molecule has 4 heteroatoms. The lowest BCUT2D eigenvalue weighted by Gasteiger charge is -2.19. The van der Waals surface area contributed by atoms with E-state index in [0.717, 1.165) is 25.0 Å². The summed E-state index contributed by atoms with van der Waals surface area (Å²) in [5.74, 6) is 1.12. The Labute approximate surface area is 103 Å². The van der Waals surface area contributed by atoms with E-state index in [2.05, 4.69) is 12.2 Å². The van der Waals surface area contributed by atoms with Gasteiger partial charge in [0.15, 0.2) is 0 Å². The van der Waals surface area contributed by atoms with E-state index in [4.69, 9.17) is 5.41 Å². The van der Waals surface area contributed by atoms with Gasteiger partial charge in [-0.3, -0.25) is 4.79 Å². The predicted molar refractivity (Wildman–Crippen MR) is 72.4 cm³/mol. The lowest BCUT2D eigenvalue weighted by molar-refractivity contribution is -0.125. The molecule has 0 aliphatic carbocycles. The molecule has 0 heterocycles. The molecule has 0 aromatic carbocycles. The molecular formula is C12H24N2OS. The van der Waals surface area contributed by atoms with E-state index >= 15 is 0 Å². The van der Waals surface area contributed by atoms with E-state index in [-0.39, 0.29) is 17.9 Å². The third-order valence-electron chi connectivity index (χ3n) is 2.62. The van der Waals surface area contributed by atoms with Crippen LogP contribution in [0.2, 0.25) is 0 Å². The van der Waals surface area contributed by atoms with E-state index in [1.807, 2.05) is 13.2 Å². The number of rotatable bonds is 8. The van der Waals surface area contributed by atoms with Gasteiger partial charge in [-0.1, -0.05) is 20.3 Å². The van der Waals surface area contributed by atoms with Crippen LogP contribution in [0.25, 0.3) is 0 Å². The predicted octanol–water partition coefficient (Wildman–Crippen LogP) is 2.70. The Morgan fingerprint density at radius 2 is 2.06 bits per heavy atom. The summed E-state index contributed by atoms with van der Waals surface area (Å²) in [5.41, 5.74) is 0.547. The summed E-state index contributed by atoms with van der Waals surface area (Å²) in [4.78, 5) is 11.8. The minimum atomic E-state index is -0.0840. The highest BCUT2D eigenvalue weighted by molar-refractivity contribution is 7.98. The van der Waals surface area contributed by atoms with E-state index in [0.29, 0.717) is 5.71 Å². The highest BCUT2D eigenvalue weighted by atomic mass is 32.2. The first-order chi connectivity index (χ1) is 7.52. The van der Waals surface area contributed by atoms with Crippen LogP contribution in [0.15, 0.2) is 0 Å². The van der Waals surface area contributed by atoms with Crippen molar-refractivity contribution in [1.82, 2.24) is 5.32 Å². The Morgan fingerprint density at radius 3 is 2.50 bits per heavy atom. The number of hydrogen-bond donors (Lipinski definition) is 2. The monoisotopic (exact) mass is 244 g/mol. The van der Waals surface area contributed by atoms with Crippen LogP contribution in [-0.4, -0.2) is 29.7 Å². The van der Waals surface area contributed by atoms with Gasteiger partial charge in [-0.25, -0.2) is 0 Å². The van der Waals surface area contributed by atoms with Gasteiger partial charge in [0.05, 0.1) is 6.04 Å². The average Bonchev–Trinajstić information content (AvgIpc) is 2.23. The summed E-state index contributed by atoms with van der Waals surface area (Å²) < 4.78 is 0. The molecular weight excluding hydrogens is 220 g/mol. The van der Waals surface area contributed by atoms with Crippen LogP contribution in [0.5, 0.6) is 0 Å². The first kappa shape index (κ1) is 15.5. The molecule has 0 aromatic heterocycles. The van der Waals surface area contributed by atoms with Gasteiger partial charge in [-0.2, -0.15) is 11.8 Å². The molecule has 2 N–H and O–H groups in total. The van der Waals surface area contributed by atoms with Crippen molar-refractivity contribution in [3.8, 4) is 0 Å². The van der Waals surface area contributed by atoms with E-state index < -0.39 is 0 Å². The fraction of sp³-hybridized carbons (Fsp3) is 0.833. The number of carbonyl (C=O) groups is 1. The van der Waals surface area contributed by atoms with E-state index in [9.17, 15) is 4.79 Å². The SMILES string of the molecule is CCC[C@H](C)C(=O)N[C@@H](CCSC)C(C)=N. The average molecular weight is 244 g/mol. The molecule has 0 fully saturated rings. The summed E-state index contributed by atoms with van der Waals surface area (Å²) in [6, 6.07) is -0.0840. The summed E-state index contributed by atoms with van der Waals surface area (Å²) in [5, 5.41) is 10.6. The van der Waals surface area contributed by atoms with Crippen LogP contribution < -0.4 is 5.32 Å². The number of amides is 1. The molecule has 0 unspecified atom stereocenters. The quantitative estimate of drug-likeness (QED) is 0.645. The van der Waals surface area contributed by atoms with Gasteiger partial charge in [0, 0.05) is 11.6 Å². The normalized spacial score (nSPS) is 14.2. The van der Waals surface area contributed by atoms with Gasteiger partial charge < -0.3 is 10.7 Å². The second-order valence-corrected chi connectivity index (χ2v) is 5.20. The summed E-state index contributed by atoms with van der Waals surface area (Å²) in [6.45, 7) is 5.79. The molecule has 16 heavy (non-hydrogen) atoms. The van der Waals surface area contributed by atoms with Crippen molar-refractivity contribution in [2.75, 3.05) is 12.0 Å². The Kier molecular flexibility index (Phi) is 8.35. The first-order valence-corrected chi connectivity index (χ1v) is 7.26. The molecule has 2 atom stereocenters. The Bertz CT molecular complexity index is 231. The third-order valence-corrected chi connectivity index (χ3v) is 3.26. The van der Waals surface area contributed by atoms with Crippen LogP contribution in [0.4, 0.5) is 0 Å². The molecule has 0 saturated carbocycles. The standard InChI is InChI=1S/C12H24N2OS/c1-5-6-9(2)12(15)14-11(10(3)13)7-8-16-4/h9,11,13H,5-8H2,1-4H3,(H,14,15)/t9-,11-/m0/s1. The van der Waals surface area contributed by atoms with Crippen molar-refractivity contribution >= 4 is 23.4 Å². The Morgan fingerprint density at radius 1 is 1.44 bits per heavy atom. The Balaban J connectivity index is 4.17. The van der Waals surface area contributed by atoms with E-state index in [1.165, 1.54) is 0 Å². The Hall–Kier alpha value is -0.510. The molecule has 0 spiro atoms. The second-order valence-electron chi connectivity index (χ2n) is 4.22. The zero-order chi connectivity index (χ0) is 12.6. The maximum Gasteiger partial charge on any atom is 0.223 e. The highest BCUT2D eigenvalue weighted by Gasteiger charge is 2.17. The number of nitrogens with one attached hydrogen (secondary N) is 2. The number of carbonyl (C=O) groups excluding carboxylic acids is 1. The van der Waals surface area contributed by atoms with Crippen molar-refractivity contribution in [2.24, 2.45) is 5.92 Å². The number of hydrogen-bond acceptors (Lipinski definition) is 3. The molecule has 94 valence electrons. The topological polar surface area (TPSA) is 53.0 Å². The van der Waals surface area contributed by atoms with Crippen molar-refractivity contribution in [2.45, 2.75) is 46.1 Å².